The molecule has 2 aromatic rings. The van der Waals surface area contributed by atoms with Crippen molar-refractivity contribution >= 4 is 28.9 Å². The smallest absolute Gasteiger partial charge is 0.303 e. The molecule has 0 bridgehead atoms. The maximum absolute atomic E-state index is 12.6. The van der Waals surface area contributed by atoms with Crippen LogP contribution in [0.5, 0.6) is 0 Å². The van der Waals surface area contributed by atoms with Crippen LogP contribution in [0.15, 0.2) is 46.9 Å². The molecular weight excluding hydrogens is 336 g/mol. The number of rotatable bonds is 6. The first-order valence-electron chi connectivity index (χ1n) is 8.26. The first-order chi connectivity index (χ1) is 12.0. The van der Waals surface area contributed by atoms with E-state index < -0.39 is 5.97 Å². The highest BCUT2D eigenvalue weighted by molar-refractivity contribution is 7.10. The predicted octanol–water partition coefficient (Wildman–Crippen LogP) is 3.99. The summed E-state index contributed by atoms with van der Waals surface area (Å²) >= 11 is 1.61. The zero-order chi connectivity index (χ0) is 17.8. The van der Waals surface area contributed by atoms with Crippen LogP contribution in [0.3, 0.4) is 0 Å². The van der Waals surface area contributed by atoms with E-state index in [1.165, 1.54) is 5.56 Å². The normalized spacial score (nSPS) is 16.8. The van der Waals surface area contributed by atoms with E-state index in [1.54, 1.807) is 16.3 Å². The summed E-state index contributed by atoms with van der Waals surface area (Å²) in [6.07, 6.45) is 1.20. The van der Waals surface area contributed by atoms with Gasteiger partial charge in [0, 0.05) is 24.1 Å². The number of hydrogen-bond donors (Lipinski definition) is 1. The van der Waals surface area contributed by atoms with E-state index in [0.717, 1.165) is 16.2 Å². The Bertz CT molecular complexity index is 782. The van der Waals surface area contributed by atoms with Gasteiger partial charge in [-0.05, 0) is 30.4 Å². The lowest BCUT2D eigenvalue weighted by Gasteiger charge is -2.20. The standard InChI is InChI=1S/C19H20N2O3S/c1-13-7-9-14(10-8-13)15-12-16(17-4-3-11-25-17)21(20-15)18(22)5-2-6-19(23)24/h3-4,7-11,16H,2,5-6,12H2,1H3,(H,23,24). The first kappa shape index (κ1) is 17.4. The van der Waals surface area contributed by atoms with Crippen LogP contribution < -0.4 is 0 Å². The van der Waals surface area contributed by atoms with Crippen LogP contribution in [-0.4, -0.2) is 27.7 Å². The molecule has 2 heterocycles. The molecule has 130 valence electrons. The molecule has 0 aliphatic carbocycles. The second-order valence-corrected chi connectivity index (χ2v) is 7.11. The molecule has 1 aromatic heterocycles. The third-order valence-electron chi connectivity index (χ3n) is 4.20. The Morgan fingerprint density at radius 2 is 2.00 bits per heavy atom. The fourth-order valence-corrected chi connectivity index (χ4v) is 3.68. The number of nitrogens with zero attached hydrogens (tertiary/aromatic N) is 2. The Hall–Kier alpha value is -2.47. The highest BCUT2D eigenvalue weighted by atomic mass is 32.1. The average molecular weight is 356 g/mol. The Morgan fingerprint density at radius 1 is 1.24 bits per heavy atom. The van der Waals surface area contributed by atoms with Gasteiger partial charge in [0.1, 0.15) is 0 Å². The molecule has 1 N–H and O–H groups in total. The van der Waals surface area contributed by atoms with Crippen molar-refractivity contribution in [1.29, 1.82) is 0 Å². The maximum Gasteiger partial charge on any atom is 0.303 e. The van der Waals surface area contributed by atoms with E-state index in [0.29, 0.717) is 12.8 Å². The summed E-state index contributed by atoms with van der Waals surface area (Å²) in [5.74, 6) is -1.00. The van der Waals surface area contributed by atoms with Crippen molar-refractivity contribution < 1.29 is 14.7 Å². The number of carboxylic acid groups (broad SMARTS) is 1. The number of aryl methyl sites for hydroxylation is 1. The van der Waals surface area contributed by atoms with Crippen molar-refractivity contribution in [2.45, 2.75) is 38.6 Å². The quantitative estimate of drug-likeness (QED) is 0.851. The molecule has 0 saturated carbocycles. The zero-order valence-electron chi connectivity index (χ0n) is 14.0. The third-order valence-corrected chi connectivity index (χ3v) is 5.18. The molecule has 0 spiro atoms. The number of hydrogen-bond acceptors (Lipinski definition) is 4. The summed E-state index contributed by atoms with van der Waals surface area (Å²) in [6.45, 7) is 2.03. The van der Waals surface area contributed by atoms with Crippen LogP contribution >= 0.6 is 11.3 Å². The SMILES string of the molecule is Cc1ccc(C2=NN(C(=O)CCCC(=O)O)C(c3cccs3)C2)cc1. The lowest BCUT2D eigenvalue weighted by atomic mass is 10.0. The predicted molar refractivity (Wildman–Crippen MR) is 97.7 cm³/mol. The van der Waals surface area contributed by atoms with Crippen LogP contribution in [0, 0.1) is 6.92 Å². The van der Waals surface area contributed by atoms with Crippen LogP contribution in [-0.2, 0) is 9.59 Å². The second-order valence-electron chi connectivity index (χ2n) is 6.13. The minimum absolute atomic E-state index is 0.00220. The molecule has 0 saturated heterocycles. The summed E-state index contributed by atoms with van der Waals surface area (Å²) in [5, 5.41) is 16.9. The monoisotopic (exact) mass is 356 g/mol. The molecule has 1 amide bonds. The third kappa shape index (κ3) is 4.14. The van der Waals surface area contributed by atoms with Gasteiger partial charge in [0.2, 0.25) is 5.91 Å². The Kier molecular flexibility index (Phi) is 5.28. The van der Waals surface area contributed by atoms with Crippen LogP contribution in [0.2, 0.25) is 0 Å². The first-order valence-corrected chi connectivity index (χ1v) is 9.14. The number of aliphatic carboxylic acids is 1. The average Bonchev–Trinajstić information content (AvgIpc) is 3.24. The van der Waals surface area contributed by atoms with E-state index in [9.17, 15) is 9.59 Å². The van der Waals surface area contributed by atoms with Gasteiger partial charge in [-0.1, -0.05) is 35.9 Å². The van der Waals surface area contributed by atoms with Crippen molar-refractivity contribution in [1.82, 2.24) is 5.01 Å². The molecule has 0 fully saturated rings. The van der Waals surface area contributed by atoms with Gasteiger partial charge in [-0.3, -0.25) is 9.59 Å². The second kappa shape index (κ2) is 7.61. The highest BCUT2D eigenvalue weighted by Crippen LogP contribution is 2.35. The summed E-state index contributed by atoms with van der Waals surface area (Å²) in [4.78, 5) is 24.4. The Labute approximate surface area is 150 Å². The van der Waals surface area contributed by atoms with E-state index in [4.69, 9.17) is 5.11 Å². The number of carbonyl (C=O) groups is 2. The van der Waals surface area contributed by atoms with E-state index in [2.05, 4.69) is 5.10 Å². The van der Waals surface area contributed by atoms with Crippen molar-refractivity contribution in [3.8, 4) is 0 Å². The molecule has 0 radical (unpaired) electrons. The van der Waals surface area contributed by atoms with Gasteiger partial charge in [0.15, 0.2) is 0 Å². The Balaban J connectivity index is 1.80. The zero-order valence-corrected chi connectivity index (χ0v) is 14.8. The molecular formula is C19H20N2O3S. The number of benzene rings is 1. The van der Waals surface area contributed by atoms with E-state index >= 15 is 0 Å². The van der Waals surface area contributed by atoms with Gasteiger partial charge in [0.25, 0.3) is 0 Å². The van der Waals surface area contributed by atoms with Crippen molar-refractivity contribution in [3.63, 3.8) is 0 Å². The van der Waals surface area contributed by atoms with E-state index in [1.807, 2.05) is 48.7 Å². The lowest BCUT2D eigenvalue weighted by Crippen LogP contribution is -2.26. The molecule has 1 aliphatic heterocycles. The minimum atomic E-state index is -0.882. The molecule has 1 unspecified atom stereocenters. The van der Waals surface area contributed by atoms with Crippen molar-refractivity contribution in [3.05, 3.63) is 57.8 Å². The lowest BCUT2D eigenvalue weighted by molar-refractivity contribution is -0.137. The molecule has 5 nitrogen and oxygen atoms in total. The number of carboxylic acids is 1. The maximum atomic E-state index is 12.6. The number of carbonyl (C=O) groups excluding carboxylic acids is 1. The summed E-state index contributed by atoms with van der Waals surface area (Å²) in [6, 6.07) is 12.0. The highest BCUT2D eigenvalue weighted by Gasteiger charge is 2.33. The summed E-state index contributed by atoms with van der Waals surface area (Å²) in [7, 11) is 0. The number of thiophene rings is 1. The van der Waals surface area contributed by atoms with Crippen LogP contribution in [0.25, 0.3) is 0 Å². The summed E-state index contributed by atoms with van der Waals surface area (Å²) < 4.78 is 0. The van der Waals surface area contributed by atoms with Crippen molar-refractivity contribution in [2.24, 2.45) is 5.10 Å². The Morgan fingerprint density at radius 3 is 2.64 bits per heavy atom. The van der Waals surface area contributed by atoms with Crippen LogP contribution in [0.1, 0.15) is 47.7 Å². The topological polar surface area (TPSA) is 70.0 Å². The van der Waals surface area contributed by atoms with Gasteiger partial charge < -0.3 is 5.11 Å². The molecule has 6 heteroatoms. The molecule has 25 heavy (non-hydrogen) atoms. The van der Waals surface area contributed by atoms with Gasteiger partial charge in [-0.15, -0.1) is 11.3 Å². The number of hydrazone groups is 1. The van der Waals surface area contributed by atoms with Gasteiger partial charge in [-0.2, -0.15) is 5.10 Å². The molecule has 1 aliphatic rings. The van der Waals surface area contributed by atoms with Gasteiger partial charge in [0.05, 0.1) is 11.8 Å². The fraction of sp³-hybridized carbons (Fsp3) is 0.316. The number of amides is 1. The largest absolute Gasteiger partial charge is 0.481 e. The van der Waals surface area contributed by atoms with Crippen molar-refractivity contribution in [2.75, 3.05) is 0 Å². The minimum Gasteiger partial charge on any atom is -0.481 e. The molecule has 1 atom stereocenters. The van der Waals surface area contributed by atoms with Crippen LogP contribution in [0.4, 0.5) is 0 Å². The van der Waals surface area contributed by atoms with Gasteiger partial charge in [-0.25, -0.2) is 5.01 Å². The fourth-order valence-electron chi connectivity index (χ4n) is 2.87. The summed E-state index contributed by atoms with van der Waals surface area (Å²) in [5.41, 5.74) is 3.09. The molecule has 1 aromatic carbocycles. The van der Waals surface area contributed by atoms with Gasteiger partial charge >= 0.3 is 5.97 Å². The molecule has 3 rings (SSSR count). The van der Waals surface area contributed by atoms with E-state index in [-0.39, 0.29) is 24.8 Å².